The summed E-state index contributed by atoms with van der Waals surface area (Å²) in [6, 6.07) is 8.67. The van der Waals surface area contributed by atoms with Crippen LogP contribution in [0, 0.1) is 6.92 Å². The summed E-state index contributed by atoms with van der Waals surface area (Å²) in [4.78, 5) is 12.2. The first-order chi connectivity index (χ1) is 10.2. The minimum absolute atomic E-state index is 0.133. The fourth-order valence-electron chi connectivity index (χ4n) is 1.86. The Morgan fingerprint density at radius 3 is 2.86 bits per heavy atom. The van der Waals surface area contributed by atoms with Crippen molar-refractivity contribution < 1.29 is 4.74 Å². The van der Waals surface area contributed by atoms with E-state index in [1.807, 2.05) is 6.92 Å². The van der Waals surface area contributed by atoms with Crippen LogP contribution in [-0.4, -0.2) is 28.1 Å². The summed E-state index contributed by atoms with van der Waals surface area (Å²) in [5.41, 5.74) is 2.52. The lowest BCUT2D eigenvalue weighted by Crippen LogP contribution is -2.10. The van der Waals surface area contributed by atoms with Gasteiger partial charge in [-0.05, 0) is 36.9 Å². The highest BCUT2D eigenvalue weighted by atomic mass is 35.5. The van der Waals surface area contributed by atoms with E-state index < -0.39 is 0 Å². The maximum absolute atomic E-state index is 5.86. The van der Waals surface area contributed by atoms with E-state index in [1.54, 1.807) is 0 Å². The fraction of sp³-hybridized carbons (Fsp3) is 0.400. The molecule has 5 nitrogen and oxygen atoms in total. The summed E-state index contributed by atoms with van der Waals surface area (Å²) in [5, 5.41) is 3.28. The lowest BCUT2D eigenvalue weighted by atomic mass is 10.1. The number of nitrogens with one attached hydrogen (secondary N) is 1. The number of aromatic nitrogens is 3. The fourth-order valence-corrected chi connectivity index (χ4v) is 2.01. The molecule has 0 amide bonds. The molecule has 1 heterocycles. The predicted molar refractivity (Wildman–Crippen MR) is 84.0 cm³/mol. The Hall–Kier alpha value is -1.88. The SMILES string of the molecule is CCCOc1nc(Cl)nc(NCCc2cccc(C)c2)n1. The number of anilines is 1. The zero-order chi connectivity index (χ0) is 15.1. The zero-order valence-electron chi connectivity index (χ0n) is 12.3. The van der Waals surface area contributed by atoms with E-state index in [4.69, 9.17) is 16.3 Å². The Bertz CT molecular complexity index is 592. The van der Waals surface area contributed by atoms with Gasteiger partial charge in [-0.2, -0.15) is 15.0 Å². The summed E-state index contributed by atoms with van der Waals surface area (Å²) < 4.78 is 5.37. The molecule has 21 heavy (non-hydrogen) atoms. The van der Waals surface area contributed by atoms with Gasteiger partial charge in [-0.25, -0.2) is 0 Å². The molecule has 0 radical (unpaired) electrons. The minimum atomic E-state index is 0.133. The van der Waals surface area contributed by atoms with E-state index >= 15 is 0 Å². The molecule has 0 fully saturated rings. The van der Waals surface area contributed by atoms with Gasteiger partial charge in [0.25, 0.3) is 0 Å². The second-order valence-electron chi connectivity index (χ2n) is 4.72. The average molecular weight is 307 g/mol. The largest absolute Gasteiger partial charge is 0.463 e. The summed E-state index contributed by atoms with van der Waals surface area (Å²) >= 11 is 5.86. The van der Waals surface area contributed by atoms with Crippen LogP contribution in [0.25, 0.3) is 0 Å². The van der Waals surface area contributed by atoms with E-state index in [1.165, 1.54) is 11.1 Å². The van der Waals surface area contributed by atoms with E-state index in [9.17, 15) is 0 Å². The molecule has 0 saturated carbocycles. The molecule has 0 unspecified atom stereocenters. The number of nitrogens with zero attached hydrogens (tertiary/aromatic N) is 3. The Balaban J connectivity index is 1.91. The first-order valence-corrected chi connectivity index (χ1v) is 7.39. The maximum Gasteiger partial charge on any atom is 0.322 e. The lowest BCUT2D eigenvalue weighted by Gasteiger charge is -2.07. The molecule has 1 aromatic carbocycles. The quantitative estimate of drug-likeness (QED) is 0.850. The van der Waals surface area contributed by atoms with Gasteiger partial charge in [0, 0.05) is 6.54 Å². The van der Waals surface area contributed by atoms with Crippen LogP contribution in [0.1, 0.15) is 24.5 Å². The van der Waals surface area contributed by atoms with Gasteiger partial charge in [-0.15, -0.1) is 0 Å². The van der Waals surface area contributed by atoms with Crippen molar-refractivity contribution in [2.75, 3.05) is 18.5 Å². The number of hydrogen-bond acceptors (Lipinski definition) is 5. The van der Waals surface area contributed by atoms with Crippen molar-refractivity contribution >= 4 is 17.5 Å². The second kappa shape index (κ2) is 7.78. The molecule has 1 aromatic heterocycles. The number of ether oxygens (including phenoxy) is 1. The normalized spacial score (nSPS) is 10.4. The molecule has 1 N–H and O–H groups in total. The Labute approximate surface area is 129 Å². The molecule has 0 spiro atoms. The summed E-state index contributed by atoms with van der Waals surface area (Å²) in [6.07, 6.45) is 1.77. The molecule has 6 heteroatoms. The zero-order valence-corrected chi connectivity index (χ0v) is 13.0. The second-order valence-corrected chi connectivity index (χ2v) is 5.06. The van der Waals surface area contributed by atoms with Crippen LogP contribution in [0.5, 0.6) is 6.01 Å². The number of rotatable bonds is 7. The van der Waals surface area contributed by atoms with Gasteiger partial charge in [0.05, 0.1) is 6.61 Å². The van der Waals surface area contributed by atoms with Gasteiger partial charge < -0.3 is 10.1 Å². The highest BCUT2D eigenvalue weighted by Crippen LogP contribution is 2.12. The topological polar surface area (TPSA) is 59.9 Å². The third-order valence-corrected chi connectivity index (χ3v) is 2.97. The molecule has 0 aliphatic rings. The monoisotopic (exact) mass is 306 g/mol. The molecule has 2 rings (SSSR count). The van der Waals surface area contributed by atoms with E-state index in [-0.39, 0.29) is 11.3 Å². The van der Waals surface area contributed by atoms with Crippen molar-refractivity contribution in [2.45, 2.75) is 26.7 Å². The third-order valence-electron chi connectivity index (χ3n) is 2.80. The maximum atomic E-state index is 5.86. The summed E-state index contributed by atoms with van der Waals surface area (Å²) in [7, 11) is 0. The van der Waals surface area contributed by atoms with Crippen molar-refractivity contribution in [1.82, 2.24) is 15.0 Å². The smallest absolute Gasteiger partial charge is 0.322 e. The van der Waals surface area contributed by atoms with Crippen molar-refractivity contribution in [3.05, 3.63) is 40.7 Å². The Kier molecular flexibility index (Phi) is 5.75. The third kappa shape index (κ3) is 5.19. The van der Waals surface area contributed by atoms with Gasteiger partial charge in [-0.3, -0.25) is 0 Å². The van der Waals surface area contributed by atoms with Gasteiger partial charge in [0.2, 0.25) is 11.2 Å². The van der Waals surface area contributed by atoms with Crippen molar-refractivity contribution in [2.24, 2.45) is 0 Å². The number of halogens is 1. The van der Waals surface area contributed by atoms with Crippen LogP contribution in [0.2, 0.25) is 5.28 Å². The van der Waals surface area contributed by atoms with Gasteiger partial charge in [0.1, 0.15) is 0 Å². The number of aryl methyl sites for hydroxylation is 1. The Morgan fingerprint density at radius 1 is 1.24 bits per heavy atom. The Morgan fingerprint density at radius 2 is 2.10 bits per heavy atom. The first-order valence-electron chi connectivity index (χ1n) is 7.01. The van der Waals surface area contributed by atoms with Crippen molar-refractivity contribution in [1.29, 1.82) is 0 Å². The highest BCUT2D eigenvalue weighted by Gasteiger charge is 2.05. The minimum Gasteiger partial charge on any atom is -0.463 e. The molecule has 0 atom stereocenters. The summed E-state index contributed by atoms with van der Waals surface area (Å²) in [6.45, 7) is 5.38. The standard InChI is InChI=1S/C15H19ClN4O/c1-3-9-21-15-19-13(16)18-14(20-15)17-8-7-12-6-4-5-11(2)10-12/h4-6,10H,3,7-9H2,1-2H3,(H,17,18,19,20). The van der Waals surface area contributed by atoms with E-state index in [0.29, 0.717) is 12.6 Å². The highest BCUT2D eigenvalue weighted by molar-refractivity contribution is 6.28. The van der Waals surface area contributed by atoms with Crippen LogP contribution >= 0.6 is 11.6 Å². The van der Waals surface area contributed by atoms with Crippen molar-refractivity contribution in [3.8, 4) is 6.01 Å². The van der Waals surface area contributed by atoms with Crippen LogP contribution in [0.3, 0.4) is 0 Å². The molecular weight excluding hydrogens is 288 g/mol. The molecule has 0 saturated heterocycles. The predicted octanol–water partition coefficient (Wildman–Crippen LogP) is 3.28. The van der Waals surface area contributed by atoms with E-state index in [2.05, 4.69) is 51.5 Å². The van der Waals surface area contributed by atoms with E-state index in [0.717, 1.165) is 19.4 Å². The van der Waals surface area contributed by atoms with Crippen LogP contribution in [-0.2, 0) is 6.42 Å². The molecule has 0 bridgehead atoms. The van der Waals surface area contributed by atoms with Crippen LogP contribution in [0.15, 0.2) is 24.3 Å². The van der Waals surface area contributed by atoms with Gasteiger partial charge in [0.15, 0.2) is 0 Å². The van der Waals surface area contributed by atoms with Crippen LogP contribution in [0.4, 0.5) is 5.95 Å². The van der Waals surface area contributed by atoms with Crippen LogP contribution < -0.4 is 10.1 Å². The van der Waals surface area contributed by atoms with Gasteiger partial charge >= 0.3 is 6.01 Å². The molecule has 0 aliphatic heterocycles. The number of hydrogen-bond donors (Lipinski definition) is 1. The summed E-state index contributed by atoms with van der Waals surface area (Å²) in [5.74, 6) is 0.439. The molecular formula is C15H19ClN4O. The molecule has 112 valence electrons. The molecule has 0 aliphatic carbocycles. The number of benzene rings is 1. The van der Waals surface area contributed by atoms with Gasteiger partial charge in [-0.1, -0.05) is 36.8 Å². The molecule has 2 aromatic rings. The lowest BCUT2D eigenvalue weighted by molar-refractivity contribution is 0.291. The first kappa shape index (κ1) is 15.5. The van der Waals surface area contributed by atoms with Crippen molar-refractivity contribution in [3.63, 3.8) is 0 Å². The average Bonchev–Trinajstić information content (AvgIpc) is 2.45.